The van der Waals surface area contributed by atoms with Gasteiger partial charge in [-0.3, -0.25) is 4.99 Å². The summed E-state index contributed by atoms with van der Waals surface area (Å²) in [6.07, 6.45) is 8.32. The third kappa shape index (κ3) is 2.36. The first-order valence-corrected chi connectivity index (χ1v) is 6.52. The average molecular weight is 252 g/mol. The van der Waals surface area contributed by atoms with Gasteiger partial charge >= 0.3 is 0 Å². The maximum absolute atomic E-state index is 5.82. The number of nitrogens with zero attached hydrogens (tertiary/aromatic N) is 2. The number of hydrogen-bond acceptors (Lipinski definition) is 3. The highest BCUT2D eigenvalue weighted by molar-refractivity contribution is 5.86. The van der Waals surface area contributed by atoms with Crippen molar-refractivity contribution in [2.75, 3.05) is 0 Å². The first-order chi connectivity index (χ1) is 9.24. The van der Waals surface area contributed by atoms with Gasteiger partial charge in [-0.2, -0.15) is 0 Å². The van der Waals surface area contributed by atoms with E-state index in [0.29, 0.717) is 11.8 Å². The zero-order chi connectivity index (χ0) is 13.2. The molecule has 0 fully saturated rings. The normalized spacial score (nSPS) is 15.0. The summed E-state index contributed by atoms with van der Waals surface area (Å²) in [5, 5.41) is 0. The molecule has 0 atom stereocenters. The second kappa shape index (κ2) is 4.84. The third-order valence-corrected chi connectivity index (χ3v) is 3.24. The van der Waals surface area contributed by atoms with Gasteiger partial charge in [0.2, 0.25) is 5.89 Å². The predicted molar refractivity (Wildman–Crippen MR) is 78.3 cm³/mol. The topological polar surface area (TPSA) is 38.4 Å². The van der Waals surface area contributed by atoms with E-state index in [1.54, 1.807) is 12.4 Å². The minimum absolute atomic E-state index is 0.497. The molecule has 3 heteroatoms. The number of fused-ring (bicyclic) bond motifs is 1. The first kappa shape index (κ1) is 11.9. The molecule has 1 aliphatic rings. The number of benzene rings is 1. The average Bonchev–Trinajstić information content (AvgIpc) is 2.64. The first-order valence-electron chi connectivity index (χ1n) is 6.52. The number of rotatable bonds is 2. The molecule has 1 aliphatic heterocycles. The molecular weight excluding hydrogens is 236 g/mol. The Morgan fingerprint density at radius 1 is 1.26 bits per heavy atom. The fourth-order valence-corrected chi connectivity index (χ4v) is 2.09. The second-order valence-electron chi connectivity index (χ2n) is 4.98. The molecule has 2 aromatic rings. The van der Waals surface area contributed by atoms with Gasteiger partial charge < -0.3 is 4.42 Å². The van der Waals surface area contributed by atoms with Gasteiger partial charge in [0.15, 0.2) is 5.58 Å². The van der Waals surface area contributed by atoms with E-state index in [1.807, 2.05) is 18.2 Å². The van der Waals surface area contributed by atoms with Crippen molar-refractivity contribution in [2.45, 2.75) is 26.2 Å². The van der Waals surface area contributed by atoms with Crippen molar-refractivity contribution in [3.8, 4) is 0 Å². The van der Waals surface area contributed by atoms with Gasteiger partial charge in [0.1, 0.15) is 5.52 Å². The Bertz CT molecular complexity index is 690. The number of allylic oxidation sites excluding steroid dienone is 3. The van der Waals surface area contributed by atoms with Crippen LogP contribution in [-0.4, -0.2) is 11.2 Å². The van der Waals surface area contributed by atoms with Gasteiger partial charge in [0.05, 0.1) is 0 Å². The van der Waals surface area contributed by atoms with Gasteiger partial charge in [-0.25, -0.2) is 4.98 Å². The van der Waals surface area contributed by atoms with Crippen LogP contribution in [0.3, 0.4) is 0 Å². The van der Waals surface area contributed by atoms with Gasteiger partial charge in [-0.15, -0.1) is 0 Å². The summed E-state index contributed by atoms with van der Waals surface area (Å²) in [5.41, 5.74) is 4.10. The van der Waals surface area contributed by atoms with Crippen LogP contribution >= 0.6 is 0 Å². The molecule has 0 spiro atoms. The fraction of sp³-hybridized carbons (Fsp3) is 0.250. The second-order valence-corrected chi connectivity index (χ2v) is 4.98. The molecule has 0 saturated heterocycles. The van der Waals surface area contributed by atoms with Gasteiger partial charge in [-0.05, 0) is 36.1 Å². The number of aliphatic imine (C=N–C) groups is 1. The molecule has 1 aromatic heterocycles. The van der Waals surface area contributed by atoms with E-state index in [2.05, 4.69) is 36.0 Å². The Labute approximate surface area is 112 Å². The van der Waals surface area contributed by atoms with Crippen molar-refractivity contribution in [1.82, 2.24) is 4.98 Å². The molecule has 1 aromatic carbocycles. The molecule has 0 unspecified atom stereocenters. The van der Waals surface area contributed by atoms with E-state index < -0.39 is 0 Å². The molecule has 0 N–H and O–H groups in total. The zero-order valence-electron chi connectivity index (χ0n) is 11.1. The number of hydrogen-bond donors (Lipinski definition) is 0. The highest BCUT2D eigenvalue weighted by Crippen LogP contribution is 2.26. The Balaban J connectivity index is 2.04. The summed E-state index contributed by atoms with van der Waals surface area (Å²) in [4.78, 5) is 8.68. The van der Waals surface area contributed by atoms with Crippen LogP contribution in [0.5, 0.6) is 0 Å². The smallest absolute Gasteiger partial charge is 0.223 e. The van der Waals surface area contributed by atoms with Crippen LogP contribution in [0.4, 0.5) is 0 Å². The molecule has 0 radical (unpaired) electrons. The van der Waals surface area contributed by atoms with Crippen molar-refractivity contribution < 1.29 is 4.42 Å². The molecule has 2 heterocycles. The molecule has 19 heavy (non-hydrogen) atoms. The summed E-state index contributed by atoms with van der Waals surface area (Å²) in [5.74, 6) is 1.19. The predicted octanol–water partition coefficient (Wildman–Crippen LogP) is 4.32. The van der Waals surface area contributed by atoms with E-state index in [0.717, 1.165) is 23.1 Å². The Kier molecular flexibility index (Phi) is 3.03. The zero-order valence-corrected chi connectivity index (χ0v) is 11.1. The molecular formula is C16H16N2O. The standard InChI is InChI=1S/C16H16N2O/c1-11(2)13-5-6-15-14(10-13)18-16(19-15)12-4-3-8-17-9-7-12/h3,5-11H,4H2,1-2H3. The molecule has 0 saturated carbocycles. The van der Waals surface area contributed by atoms with Crippen molar-refractivity contribution in [3.05, 3.63) is 48.0 Å². The summed E-state index contributed by atoms with van der Waals surface area (Å²) >= 11 is 0. The van der Waals surface area contributed by atoms with Crippen molar-refractivity contribution >= 4 is 22.9 Å². The molecule has 0 amide bonds. The Morgan fingerprint density at radius 2 is 2.16 bits per heavy atom. The lowest BCUT2D eigenvalue weighted by Crippen LogP contribution is -1.86. The molecule has 3 rings (SSSR count). The van der Waals surface area contributed by atoms with E-state index in [9.17, 15) is 0 Å². The van der Waals surface area contributed by atoms with Crippen molar-refractivity contribution in [3.63, 3.8) is 0 Å². The van der Waals surface area contributed by atoms with E-state index in [1.165, 1.54) is 5.56 Å². The van der Waals surface area contributed by atoms with Crippen LogP contribution in [-0.2, 0) is 0 Å². The largest absolute Gasteiger partial charge is 0.436 e. The summed E-state index contributed by atoms with van der Waals surface area (Å²) in [7, 11) is 0. The number of aromatic nitrogens is 1. The van der Waals surface area contributed by atoms with Gasteiger partial charge in [-0.1, -0.05) is 26.0 Å². The van der Waals surface area contributed by atoms with Crippen molar-refractivity contribution in [2.24, 2.45) is 4.99 Å². The lowest BCUT2D eigenvalue weighted by Gasteiger charge is -2.02. The molecule has 3 nitrogen and oxygen atoms in total. The Morgan fingerprint density at radius 3 is 3.00 bits per heavy atom. The van der Waals surface area contributed by atoms with Crippen molar-refractivity contribution in [1.29, 1.82) is 0 Å². The monoisotopic (exact) mass is 252 g/mol. The maximum atomic E-state index is 5.82. The summed E-state index contributed by atoms with van der Waals surface area (Å²) in [6.45, 7) is 4.36. The summed E-state index contributed by atoms with van der Waals surface area (Å²) < 4.78 is 5.82. The minimum Gasteiger partial charge on any atom is -0.436 e. The third-order valence-electron chi connectivity index (χ3n) is 3.24. The van der Waals surface area contributed by atoms with Gasteiger partial charge in [0.25, 0.3) is 0 Å². The SMILES string of the molecule is CC(C)c1ccc2oc(C3=CC=NC=CC3)nc2c1. The van der Waals surface area contributed by atoms with Gasteiger partial charge in [0, 0.05) is 18.0 Å². The fourth-order valence-electron chi connectivity index (χ4n) is 2.09. The molecule has 0 aliphatic carbocycles. The molecule has 0 bridgehead atoms. The van der Waals surface area contributed by atoms with Crippen LogP contribution in [0.15, 0.2) is 46.0 Å². The highest BCUT2D eigenvalue weighted by atomic mass is 16.3. The minimum atomic E-state index is 0.497. The quantitative estimate of drug-likeness (QED) is 0.798. The van der Waals surface area contributed by atoms with Crippen LogP contribution in [0.1, 0.15) is 37.6 Å². The van der Waals surface area contributed by atoms with E-state index in [4.69, 9.17) is 4.42 Å². The van der Waals surface area contributed by atoms with Crippen LogP contribution in [0, 0.1) is 0 Å². The lowest BCUT2D eigenvalue weighted by molar-refractivity contribution is 0.582. The number of oxazole rings is 1. The van der Waals surface area contributed by atoms with Crippen LogP contribution < -0.4 is 0 Å². The maximum Gasteiger partial charge on any atom is 0.223 e. The van der Waals surface area contributed by atoms with E-state index >= 15 is 0 Å². The van der Waals surface area contributed by atoms with Crippen LogP contribution in [0.25, 0.3) is 16.7 Å². The van der Waals surface area contributed by atoms with E-state index in [-0.39, 0.29) is 0 Å². The molecule has 96 valence electrons. The summed E-state index contributed by atoms with van der Waals surface area (Å²) in [6, 6.07) is 6.21. The highest BCUT2D eigenvalue weighted by Gasteiger charge is 2.11. The lowest BCUT2D eigenvalue weighted by atomic mass is 10.0. The Hall–Kier alpha value is -2.16. The van der Waals surface area contributed by atoms with Crippen LogP contribution in [0.2, 0.25) is 0 Å².